The maximum Gasteiger partial charge on any atom is 0.0931 e. The van der Waals surface area contributed by atoms with E-state index in [4.69, 9.17) is 11.6 Å². The Bertz CT molecular complexity index is 538. The molecule has 0 bridgehead atoms. The van der Waals surface area contributed by atoms with Crippen LogP contribution >= 0.6 is 38.9 Å². The largest absolute Gasteiger partial charge is 0.306 e. The standard InChI is InChI=1S/C14H15BrClNS/c1-3-17-14(12-6-7-13(16)18-12)10-5-4-9(2)8-11(10)15/h4-8,14,17H,3H2,1-2H3. The van der Waals surface area contributed by atoms with Gasteiger partial charge in [-0.15, -0.1) is 11.3 Å². The number of benzene rings is 1. The number of thiophene rings is 1. The Labute approximate surface area is 125 Å². The molecule has 1 N–H and O–H groups in total. The topological polar surface area (TPSA) is 12.0 Å². The van der Waals surface area contributed by atoms with Crippen LogP contribution in [-0.2, 0) is 0 Å². The van der Waals surface area contributed by atoms with E-state index in [-0.39, 0.29) is 6.04 Å². The summed E-state index contributed by atoms with van der Waals surface area (Å²) in [5.74, 6) is 0. The SMILES string of the molecule is CCNC(c1ccc(Cl)s1)c1ccc(C)cc1Br. The first-order chi connectivity index (χ1) is 8.61. The molecule has 0 amide bonds. The summed E-state index contributed by atoms with van der Waals surface area (Å²) in [4.78, 5) is 1.24. The number of hydrogen-bond acceptors (Lipinski definition) is 2. The molecular weight excluding hydrogens is 330 g/mol. The zero-order valence-electron chi connectivity index (χ0n) is 10.3. The van der Waals surface area contributed by atoms with Crippen molar-refractivity contribution in [3.05, 3.63) is 55.1 Å². The van der Waals surface area contributed by atoms with Gasteiger partial charge in [0.05, 0.1) is 10.4 Å². The highest BCUT2D eigenvalue weighted by atomic mass is 79.9. The highest BCUT2D eigenvalue weighted by Crippen LogP contribution is 2.34. The van der Waals surface area contributed by atoms with Crippen molar-refractivity contribution in [1.82, 2.24) is 5.32 Å². The Kier molecular flexibility index (Phi) is 4.84. The Hall–Kier alpha value is -0.350. The fourth-order valence-corrected chi connectivity index (χ4v) is 3.80. The number of nitrogens with one attached hydrogen (secondary N) is 1. The summed E-state index contributed by atoms with van der Waals surface area (Å²) < 4.78 is 1.97. The molecule has 0 aliphatic rings. The molecule has 4 heteroatoms. The molecule has 0 aliphatic carbocycles. The minimum absolute atomic E-state index is 0.197. The van der Waals surface area contributed by atoms with Crippen LogP contribution in [0.1, 0.15) is 29.0 Å². The van der Waals surface area contributed by atoms with Gasteiger partial charge in [0.2, 0.25) is 0 Å². The van der Waals surface area contributed by atoms with Gasteiger partial charge in [-0.2, -0.15) is 0 Å². The third kappa shape index (κ3) is 3.15. The van der Waals surface area contributed by atoms with Crippen LogP contribution in [0.25, 0.3) is 0 Å². The van der Waals surface area contributed by atoms with Gasteiger partial charge in [-0.1, -0.05) is 46.6 Å². The number of aryl methyl sites for hydroxylation is 1. The van der Waals surface area contributed by atoms with Crippen LogP contribution in [0.5, 0.6) is 0 Å². The number of halogens is 2. The molecule has 1 aromatic heterocycles. The zero-order valence-corrected chi connectivity index (χ0v) is 13.5. The summed E-state index contributed by atoms with van der Waals surface area (Å²) in [5.41, 5.74) is 2.51. The van der Waals surface area contributed by atoms with Crippen molar-refractivity contribution in [3.63, 3.8) is 0 Å². The van der Waals surface area contributed by atoms with Crippen molar-refractivity contribution in [1.29, 1.82) is 0 Å². The molecule has 0 fully saturated rings. The molecule has 0 radical (unpaired) electrons. The Morgan fingerprint density at radius 3 is 2.67 bits per heavy atom. The molecule has 1 aromatic carbocycles. The summed E-state index contributed by atoms with van der Waals surface area (Å²) in [5, 5.41) is 3.51. The van der Waals surface area contributed by atoms with Crippen LogP contribution in [-0.4, -0.2) is 6.54 Å². The van der Waals surface area contributed by atoms with Gasteiger partial charge in [-0.25, -0.2) is 0 Å². The van der Waals surface area contributed by atoms with Crippen molar-refractivity contribution in [3.8, 4) is 0 Å². The molecule has 2 rings (SSSR count). The Morgan fingerprint density at radius 2 is 2.11 bits per heavy atom. The van der Waals surface area contributed by atoms with Crippen molar-refractivity contribution >= 4 is 38.9 Å². The van der Waals surface area contributed by atoms with E-state index in [1.54, 1.807) is 11.3 Å². The molecule has 0 saturated carbocycles. The molecule has 2 aromatic rings. The molecule has 1 nitrogen and oxygen atoms in total. The first kappa shape index (κ1) is 14.1. The summed E-state index contributed by atoms with van der Waals surface area (Å²) in [7, 11) is 0. The minimum Gasteiger partial charge on any atom is -0.306 e. The maximum atomic E-state index is 6.04. The fraction of sp³-hybridized carbons (Fsp3) is 0.286. The summed E-state index contributed by atoms with van der Waals surface area (Å²) in [6.45, 7) is 5.13. The van der Waals surface area contributed by atoms with Crippen molar-refractivity contribution < 1.29 is 0 Å². The molecular formula is C14H15BrClNS. The van der Waals surface area contributed by atoms with E-state index in [2.05, 4.69) is 59.4 Å². The van der Waals surface area contributed by atoms with Crippen molar-refractivity contribution in [2.75, 3.05) is 6.54 Å². The molecule has 1 unspecified atom stereocenters. The molecule has 96 valence electrons. The van der Waals surface area contributed by atoms with E-state index in [0.717, 1.165) is 15.4 Å². The van der Waals surface area contributed by atoms with Crippen LogP contribution in [0.15, 0.2) is 34.8 Å². The first-order valence-corrected chi connectivity index (χ1v) is 7.85. The van der Waals surface area contributed by atoms with Crippen molar-refractivity contribution in [2.24, 2.45) is 0 Å². The van der Waals surface area contributed by atoms with Gasteiger partial charge < -0.3 is 5.32 Å². The quantitative estimate of drug-likeness (QED) is 0.806. The summed E-state index contributed by atoms with van der Waals surface area (Å²) in [6, 6.07) is 10.7. The molecule has 0 aliphatic heterocycles. The molecule has 0 spiro atoms. The van der Waals surface area contributed by atoms with E-state index in [1.165, 1.54) is 16.0 Å². The Morgan fingerprint density at radius 1 is 1.33 bits per heavy atom. The third-order valence-electron chi connectivity index (χ3n) is 2.75. The highest BCUT2D eigenvalue weighted by Gasteiger charge is 2.17. The predicted molar refractivity (Wildman–Crippen MR) is 83.7 cm³/mol. The lowest BCUT2D eigenvalue weighted by molar-refractivity contribution is 0.637. The average molecular weight is 345 g/mol. The van der Waals surface area contributed by atoms with E-state index in [1.807, 2.05) is 6.07 Å². The van der Waals surface area contributed by atoms with Crippen LogP contribution in [0, 0.1) is 6.92 Å². The van der Waals surface area contributed by atoms with E-state index in [9.17, 15) is 0 Å². The number of hydrogen-bond donors (Lipinski definition) is 1. The van der Waals surface area contributed by atoms with Gasteiger partial charge in [-0.3, -0.25) is 0 Å². The lowest BCUT2D eigenvalue weighted by Gasteiger charge is -2.18. The predicted octanol–water partition coefficient (Wildman–Crippen LogP) is 5.17. The summed E-state index contributed by atoms with van der Waals surface area (Å²) in [6.07, 6.45) is 0. The van der Waals surface area contributed by atoms with Crippen LogP contribution in [0.4, 0.5) is 0 Å². The third-order valence-corrected chi connectivity index (χ3v) is 4.74. The second-order valence-electron chi connectivity index (χ2n) is 4.16. The van der Waals surface area contributed by atoms with Gasteiger partial charge in [-0.05, 0) is 42.8 Å². The van der Waals surface area contributed by atoms with Gasteiger partial charge in [0.25, 0.3) is 0 Å². The van der Waals surface area contributed by atoms with Crippen LogP contribution in [0.2, 0.25) is 4.34 Å². The zero-order chi connectivity index (χ0) is 13.1. The number of rotatable bonds is 4. The van der Waals surface area contributed by atoms with Gasteiger partial charge in [0.1, 0.15) is 0 Å². The average Bonchev–Trinajstić information content (AvgIpc) is 2.73. The van der Waals surface area contributed by atoms with Crippen LogP contribution in [0.3, 0.4) is 0 Å². The second kappa shape index (κ2) is 6.20. The Balaban J connectivity index is 2.41. The summed E-state index contributed by atoms with van der Waals surface area (Å²) >= 11 is 11.3. The normalized spacial score (nSPS) is 12.7. The van der Waals surface area contributed by atoms with Gasteiger partial charge in [0.15, 0.2) is 0 Å². The lowest BCUT2D eigenvalue weighted by Crippen LogP contribution is -2.21. The lowest BCUT2D eigenvalue weighted by atomic mass is 10.0. The monoisotopic (exact) mass is 343 g/mol. The molecule has 1 heterocycles. The van der Waals surface area contributed by atoms with E-state index < -0.39 is 0 Å². The van der Waals surface area contributed by atoms with Gasteiger partial charge >= 0.3 is 0 Å². The second-order valence-corrected chi connectivity index (χ2v) is 6.76. The highest BCUT2D eigenvalue weighted by molar-refractivity contribution is 9.10. The minimum atomic E-state index is 0.197. The first-order valence-electron chi connectivity index (χ1n) is 5.86. The van der Waals surface area contributed by atoms with E-state index in [0.29, 0.717) is 0 Å². The molecule has 18 heavy (non-hydrogen) atoms. The van der Waals surface area contributed by atoms with Crippen LogP contribution < -0.4 is 5.32 Å². The van der Waals surface area contributed by atoms with Gasteiger partial charge in [0, 0.05) is 9.35 Å². The molecule has 0 saturated heterocycles. The molecule has 1 atom stereocenters. The maximum absolute atomic E-state index is 6.04. The fourth-order valence-electron chi connectivity index (χ4n) is 1.92. The van der Waals surface area contributed by atoms with E-state index >= 15 is 0 Å². The van der Waals surface area contributed by atoms with Crippen molar-refractivity contribution in [2.45, 2.75) is 19.9 Å². The smallest absolute Gasteiger partial charge is 0.0931 e.